The van der Waals surface area contributed by atoms with Crippen LogP contribution < -0.4 is 5.32 Å². The molecule has 2 aromatic rings. The molecule has 0 fully saturated rings. The summed E-state index contributed by atoms with van der Waals surface area (Å²) in [6.45, 7) is 7.44. The van der Waals surface area contributed by atoms with Gasteiger partial charge in [-0.1, -0.05) is 0 Å². The van der Waals surface area contributed by atoms with E-state index in [0.29, 0.717) is 24.9 Å². The number of carbonyl (C=O) groups excluding carboxylic acids is 1. The Labute approximate surface area is 148 Å². The highest BCUT2D eigenvalue weighted by atomic mass is 16.5. The van der Waals surface area contributed by atoms with Crippen molar-refractivity contribution < 1.29 is 9.53 Å². The van der Waals surface area contributed by atoms with Gasteiger partial charge in [0.1, 0.15) is 5.82 Å². The summed E-state index contributed by atoms with van der Waals surface area (Å²) in [5.41, 5.74) is 2.49. The number of nitrogens with zero attached hydrogens (tertiary/aromatic N) is 5. The van der Waals surface area contributed by atoms with Gasteiger partial charge < -0.3 is 10.1 Å². The zero-order valence-electron chi connectivity index (χ0n) is 15.5. The number of nitrogens with one attached hydrogen (secondary N) is 1. The van der Waals surface area contributed by atoms with E-state index in [2.05, 4.69) is 20.4 Å². The summed E-state index contributed by atoms with van der Waals surface area (Å²) in [5, 5.41) is 7.30. The lowest BCUT2D eigenvalue weighted by atomic mass is 10.3. The zero-order chi connectivity index (χ0) is 18.4. The molecule has 0 bridgehead atoms. The van der Waals surface area contributed by atoms with Gasteiger partial charge in [-0.15, -0.1) is 0 Å². The van der Waals surface area contributed by atoms with Crippen LogP contribution in [-0.4, -0.2) is 64.4 Å². The third kappa shape index (κ3) is 5.61. The van der Waals surface area contributed by atoms with Gasteiger partial charge in [0.15, 0.2) is 0 Å². The van der Waals surface area contributed by atoms with Crippen molar-refractivity contribution in [2.24, 2.45) is 0 Å². The molecule has 0 saturated heterocycles. The van der Waals surface area contributed by atoms with Crippen LogP contribution >= 0.6 is 0 Å². The summed E-state index contributed by atoms with van der Waals surface area (Å²) < 4.78 is 6.59. The lowest BCUT2D eigenvalue weighted by Gasteiger charge is -2.16. The van der Waals surface area contributed by atoms with E-state index in [9.17, 15) is 4.79 Å². The Balaban J connectivity index is 2.09. The van der Waals surface area contributed by atoms with Crippen molar-refractivity contribution in [2.75, 3.05) is 39.2 Å². The van der Waals surface area contributed by atoms with Gasteiger partial charge in [0.25, 0.3) is 5.95 Å². The number of hydrogen-bond donors (Lipinski definition) is 1. The third-order valence-electron chi connectivity index (χ3n) is 3.56. The van der Waals surface area contributed by atoms with E-state index in [1.807, 2.05) is 44.9 Å². The molecule has 0 atom stereocenters. The summed E-state index contributed by atoms with van der Waals surface area (Å²) in [5.74, 6) is 0.914. The molecule has 0 aliphatic carbocycles. The minimum absolute atomic E-state index is 0.106. The normalized spacial score (nSPS) is 11.1. The Bertz CT molecular complexity index is 708. The highest BCUT2D eigenvalue weighted by molar-refractivity contribution is 5.91. The van der Waals surface area contributed by atoms with Crippen LogP contribution in [0.3, 0.4) is 0 Å². The van der Waals surface area contributed by atoms with Crippen molar-refractivity contribution >= 4 is 11.7 Å². The smallest absolute Gasteiger partial charge is 0.252 e. The summed E-state index contributed by atoms with van der Waals surface area (Å²) in [6.07, 6.45) is 0.883. The Kier molecular flexibility index (Phi) is 6.60. The Hall–Kier alpha value is -2.32. The van der Waals surface area contributed by atoms with Crippen molar-refractivity contribution in [1.29, 1.82) is 0 Å². The van der Waals surface area contributed by atoms with Gasteiger partial charge in [0.05, 0.1) is 12.2 Å². The Morgan fingerprint density at radius 2 is 1.88 bits per heavy atom. The lowest BCUT2D eigenvalue weighted by Crippen LogP contribution is -2.32. The largest absolute Gasteiger partial charge is 0.385 e. The molecular formula is C17H26N6O2. The summed E-state index contributed by atoms with van der Waals surface area (Å²) in [4.78, 5) is 23.1. The topological polar surface area (TPSA) is 85.2 Å². The van der Waals surface area contributed by atoms with E-state index in [-0.39, 0.29) is 5.91 Å². The molecule has 0 aromatic carbocycles. The fraction of sp³-hybridized carbons (Fsp3) is 0.529. The van der Waals surface area contributed by atoms with Crippen molar-refractivity contribution in [3.63, 3.8) is 0 Å². The molecule has 1 amide bonds. The molecule has 0 aliphatic heterocycles. The monoisotopic (exact) mass is 346 g/mol. The Morgan fingerprint density at radius 3 is 2.52 bits per heavy atom. The number of amides is 1. The van der Waals surface area contributed by atoms with Gasteiger partial charge in [-0.2, -0.15) is 9.78 Å². The van der Waals surface area contributed by atoms with Gasteiger partial charge in [-0.3, -0.25) is 9.69 Å². The van der Waals surface area contributed by atoms with E-state index in [0.717, 1.165) is 30.0 Å². The number of methoxy groups -OCH3 is 1. The quantitative estimate of drug-likeness (QED) is 0.729. The maximum Gasteiger partial charge on any atom is 0.252 e. The molecule has 2 rings (SSSR count). The van der Waals surface area contributed by atoms with Crippen LogP contribution in [-0.2, 0) is 9.53 Å². The van der Waals surface area contributed by atoms with Gasteiger partial charge in [0, 0.05) is 37.7 Å². The first-order valence-corrected chi connectivity index (χ1v) is 8.25. The summed E-state index contributed by atoms with van der Waals surface area (Å²) in [7, 11) is 3.58. The average molecular weight is 346 g/mol. The van der Waals surface area contributed by atoms with E-state index >= 15 is 0 Å². The van der Waals surface area contributed by atoms with Gasteiger partial charge >= 0.3 is 0 Å². The lowest BCUT2D eigenvalue weighted by molar-refractivity contribution is -0.117. The van der Waals surface area contributed by atoms with Crippen LogP contribution in [0.15, 0.2) is 12.1 Å². The maximum absolute atomic E-state index is 12.3. The van der Waals surface area contributed by atoms with E-state index in [4.69, 9.17) is 4.74 Å². The molecule has 0 saturated carbocycles. The maximum atomic E-state index is 12.3. The number of anilines is 1. The first-order chi connectivity index (χ1) is 11.9. The second-order valence-electron chi connectivity index (χ2n) is 6.17. The number of aromatic nitrogens is 4. The third-order valence-corrected chi connectivity index (χ3v) is 3.56. The van der Waals surface area contributed by atoms with Crippen molar-refractivity contribution in [3.05, 3.63) is 29.2 Å². The van der Waals surface area contributed by atoms with Crippen LogP contribution in [0.1, 0.15) is 23.5 Å². The van der Waals surface area contributed by atoms with Crippen molar-refractivity contribution in [3.8, 4) is 5.95 Å². The standard InChI is InChI=1S/C17H26N6O2/c1-12-9-13(2)19-17(18-12)23-15(10-14(3)21-23)20-16(24)11-22(4)7-6-8-25-5/h9-10H,6-8,11H2,1-5H3,(H,20,24). The first-order valence-electron chi connectivity index (χ1n) is 8.25. The van der Waals surface area contributed by atoms with Crippen LogP contribution in [0.4, 0.5) is 5.82 Å². The summed E-state index contributed by atoms with van der Waals surface area (Å²) in [6, 6.07) is 3.71. The second-order valence-corrected chi connectivity index (χ2v) is 6.17. The van der Waals surface area contributed by atoms with E-state index in [1.54, 1.807) is 11.8 Å². The molecule has 2 aromatic heterocycles. The molecule has 0 spiro atoms. The van der Waals surface area contributed by atoms with Crippen molar-refractivity contribution in [2.45, 2.75) is 27.2 Å². The fourth-order valence-corrected chi connectivity index (χ4v) is 2.53. The minimum Gasteiger partial charge on any atom is -0.385 e. The van der Waals surface area contributed by atoms with Crippen LogP contribution in [0.5, 0.6) is 0 Å². The number of rotatable bonds is 8. The van der Waals surface area contributed by atoms with Crippen LogP contribution in [0, 0.1) is 20.8 Å². The molecular weight excluding hydrogens is 320 g/mol. The first kappa shape index (κ1) is 19.0. The number of likely N-dealkylation sites (N-methyl/N-ethyl adjacent to an activating group) is 1. The number of hydrogen-bond acceptors (Lipinski definition) is 6. The number of ether oxygens (including phenoxy) is 1. The fourth-order valence-electron chi connectivity index (χ4n) is 2.53. The SMILES string of the molecule is COCCCN(C)CC(=O)Nc1cc(C)nn1-c1nc(C)cc(C)n1. The molecule has 136 valence electrons. The Morgan fingerprint density at radius 1 is 1.20 bits per heavy atom. The predicted molar refractivity (Wildman–Crippen MR) is 96.0 cm³/mol. The predicted octanol–water partition coefficient (Wildman–Crippen LogP) is 1.49. The summed E-state index contributed by atoms with van der Waals surface area (Å²) >= 11 is 0. The highest BCUT2D eigenvalue weighted by Gasteiger charge is 2.14. The molecule has 0 aliphatic rings. The van der Waals surface area contributed by atoms with E-state index in [1.165, 1.54) is 0 Å². The average Bonchev–Trinajstić information content (AvgIpc) is 2.86. The molecule has 1 N–H and O–H groups in total. The number of aryl methyl sites for hydroxylation is 3. The van der Waals surface area contributed by atoms with Crippen molar-refractivity contribution in [1.82, 2.24) is 24.6 Å². The second kappa shape index (κ2) is 8.68. The highest BCUT2D eigenvalue weighted by Crippen LogP contribution is 2.15. The van der Waals surface area contributed by atoms with Gasteiger partial charge in [0.2, 0.25) is 5.91 Å². The molecule has 2 heterocycles. The molecule has 0 radical (unpaired) electrons. The minimum atomic E-state index is -0.106. The molecule has 8 heteroatoms. The zero-order valence-corrected chi connectivity index (χ0v) is 15.5. The van der Waals surface area contributed by atoms with Crippen LogP contribution in [0.2, 0.25) is 0 Å². The van der Waals surface area contributed by atoms with Crippen LogP contribution in [0.25, 0.3) is 5.95 Å². The van der Waals surface area contributed by atoms with Gasteiger partial charge in [-0.25, -0.2) is 9.97 Å². The van der Waals surface area contributed by atoms with Gasteiger partial charge in [-0.05, 0) is 40.3 Å². The van der Waals surface area contributed by atoms with E-state index < -0.39 is 0 Å². The molecule has 8 nitrogen and oxygen atoms in total. The number of carbonyl (C=O) groups is 1. The molecule has 0 unspecified atom stereocenters. The molecule has 25 heavy (non-hydrogen) atoms.